The quantitative estimate of drug-likeness (QED) is 0.834. The number of hydrogen-bond acceptors (Lipinski definition) is 1. The molecule has 1 heteroatoms. The Labute approximate surface area is 117 Å². The van der Waals surface area contributed by atoms with Gasteiger partial charge >= 0.3 is 0 Å². The molecule has 0 bridgehead atoms. The van der Waals surface area contributed by atoms with Gasteiger partial charge in [0.1, 0.15) is 0 Å². The zero-order valence-corrected chi connectivity index (χ0v) is 12.7. The third-order valence-corrected chi connectivity index (χ3v) is 3.57. The SMILES string of the molecule is CC1=CC(c2ccccc2CNC(C)(C)C)C(C)=C1. The van der Waals surface area contributed by atoms with E-state index in [1.165, 1.54) is 22.3 Å². The summed E-state index contributed by atoms with van der Waals surface area (Å²) in [6.07, 6.45) is 4.66. The highest BCUT2D eigenvalue weighted by Crippen LogP contribution is 2.34. The topological polar surface area (TPSA) is 12.0 Å². The maximum atomic E-state index is 3.59. The zero-order chi connectivity index (χ0) is 14.0. The van der Waals surface area contributed by atoms with Gasteiger partial charge in [-0.1, -0.05) is 47.6 Å². The van der Waals surface area contributed by atoms with Crippen LogP contribution in [-0.4, -0.2) is 5.54 Å². The summed E-state index contributed by atoms with van der Waals surface area (Å²) < 4.78 is 0. The van der Waals surface area contributed by atoms with Crippen molar-refractivity contribution >= 4 is 0 Å². The Morgan fingerprint density at radius 3 is 2.37 bits per heavy atom. The Bertz CT molecular complexity index is 515. The highest BCUT2D eigenvalue weighted by Gasteiger charge is 2.19. The summed E-state index contributed by atoms with van der Waals surface area (Å²) in [6, 6.07) is 8.78. The number of rotatable bonds is 3. The van der Waals surface area contributed by atoms with Gasteiger partial charge in [-0.3, -0.25) is 0 Å². The predicted octanol–water partition coefficient (Wildman–Crippen LogP) is 4.56. The smallest absolute Gasteiger partial charge is 0.0237 e. The maximum Gasteiger partial charge on any atom is 0.0237 e. The molecule has 2 rings (SSSR count). The Morgan fingerprint density at radius 1 is 1.11 bits per heavy atom. The van der Waals surface area contributed by atoms with Crippen LogP contribution < -0.4 is 5.32 Å². The molecule has 0 saturated heterocycles. The molecule has 1 unspecified atom stereocenters. The number of hydrogen-bond donors (Lipinski definition) is 1. The first kappa shape index (κ1) is 14.1. The molecule has 1 aromatic rings. The van der Waals surface area contributed by atoms with Crippen LogP contribution in [0.5, 0.6) is 0 Å². The molecule has 0 fully saturated rings. The van der Waals surface area contributed by atoms with Crippen LogP contribution in [0.4, 0.5) is 0 Å². The van der Waals surface area contributed by atoms with E-state index in [2.05, 4.69) is 76.4 Å². The Morgan fingerprint density at radius 2 is 1.79 bits per heavy atom. The molecule has 19 heavy (non-hydrogen) atoms. The van der Waals surface area contributed by atoms with E-state index in [1.54, 1.807) is 0 Å². The molecule has 0 aliphatic heterocycles. The standard InChI is InChI=1S/C18H25N/c1-13-10-14(2)17(11-13)16-9-7-6-8-15(16)12-19-18(3,4)5/h6-11,17,19H,12H2,1-5H3. The highest BCUT2D eigenvalue weighted by atomic mass is 14.9. The summed E-state index contributed by atoms with van der Waals surface area (Å²) in [6.45, 7) is 12.0. The average molecular weight is 255 g/mol. The summed E-state index contributed by atoms with van der Waals surface area (Å²) in [4.78, 5) is 0. The molecule has 0 heterocycles. The lowest BCUT2D eigenvalue weighted by atomic mass is 9.90. The first-order valence-electron chi connectivity index (χ1n) is 7.06. The lowest BCUT2D eigenvalue weighted by Gasteiger charge is -2.23. The van der Waals surface area contributed by atoms with Crippen LogP contribution in [0.2, 0.25) is 0 Å². The van der Waals surface area contributed by atoms with E-state index in [1.807, 2.05) is 0 Å². The van der Waals surface area contributed by atoms with E-state index in [4.69, 9.17) is 0 Å². The first-order valence-corrected chi connectivity index (χ1v) is 7.06. The van der Waals surface area contributed by atoms with Crippen molar-refractivity contribution in [1.29, 1.82) is 0 Å². The van der Waals surface area contributed by atoms with E-state index >= 15 is 0 Å². The van der Waals surface area contributed by atoms with Crippen molar-refractivity contribution in [3.05, 3.63) is 58.7 Å². The van der Waals surface area contributed by atoms with Gasteiger partial charge < -0.3 is 5.32 Å². The van der Waals surface area contributed by atoms with Gasteiger partial charge in [-0.15, -0.1) is 0 Å². The van der Waals surface area contributed by atoms with Crippen LogP contribution in [-0.2, 0) is 6.54 Å². The van der Waals surface area contributed by atoms with E-state index in [0.717, 1.165) is 6.54 Å². The van der Waals surface area contributed by atoms with Crippen LogP contribution in [0.25, 0.3) is 0 Å². The van der Waals surface area contributed by atoms with Crippen molar-refractivity contribution in [2.75, 3.05) is 0 Å². The number of allylic oxidation sites excluding steroid dienone is 4. The fraction of sp³-hybridized carbons (Fsp3) is 0.444. The molecule has 102 valence electrons. The van der Waals surface area contributed by atoms with Crippen molar-refractivity contribution in [2.45, 2.75) is 52.6 Å². The van der Waals surface area contributed by atoms with E-state index in [0.29, 0.717) is 5.92 Å². The van der Waals surface area contributed by atoms with Crippen LogP contribution in [0.3, 0.4) is 0 Å². The molecule has 1 nitrogen and oxygen atoms in total. The van der Waals surface area contributed by atoms with E-state index in [-0.39, 0.29) is 5.54 Å². The van der Waals surface area contributed by atoms with E-state index < -0.39 is 0 Å². The normalized spacial score (nSPS) is 19.3. The Balaban J connectivity index is 2.25. The lowest BCUT2D eigenvalue weighted by Crippen LogP contribution is -2.35. The van der Waals surface area contributed by atoms with Gasteiger partial charge in [0.25, 0.3) is 0 Å². The number of benzene rings is 1. The van der Waals surface area contributed by atoms with Gasteiger partial charge in [-0.25, -0.2) is 0 Å². The number of nitrogens with one attached hydrogen (secondary N) is 1. The monoisotopic (exact) mass is 255 g/mol. The molecule has 0 amide bonds. The average Bonchev–Trinajstić information content (AvgIpc) is 2.65. The molecule has 0 saturated carbocycles. The molecule has 0 radical (unpaired) electrons. The van der Waals surface area contributed by atoms with Gasteiger partial charge in [0, 0.05) is 18.0 Å². The summed E-state index contributed by atoms with van der Waals surface area (Å²) in [7, 11) is 0. The third-order valence-electron chi connectivity index (χ3n) is 3.57. The van der Waals surface area contributed by atoms with Crippen molar-refractivity contribution in [2.24, 2.45) is 0 Å². The molecule has 1 aliphatic rings. The van der Waals surface area contributed by atoms with Gasteiger partial charge in [0.2, 0.25) is 0 Å². The zero-order valence-electron chi connectivity index (χ0n) is 12.7. The van der Waals surface area contributed by atoms with Crippen molar-refractivity contribution in [3.63, 3.8) is 0 Å². The van der Waals surface area contributed by atoms with Crippen LogP contribution >= 0.6 is 0 Å². The third kappa shape index (κ3) is 3.57. The van der Waals surface area contributed by atoms with E-state index in [9.17, 15) is 0 Å². The second-order valence-electron chi connectivity index (χ2n) is 6.58. The second-order valence-corrected chi connectivity index (χ2v) is 6.58. The molecular weight excluding hydrogens is 230 g/mol. The molecule has 1 aromatic carbocycles. The Kier molecular flexibility index (Phi) is 3.96. The molecule has 0 spiro atoms. The van der Waals surface area contributed by atoms with Crippen LogP contribution in [0.1, 0.15) is 51.7 Å². The van der Waals surface area contributed by atoms with Crippen molar-refractivity contribution < 1.29 is 0 Å². The molecular formula is C18H25N. The predicted molar refractivity (Wildman–Crippen MR) is 83.3 cm³/mol. The molecule has 1 atom stereocenters. The van der Waals surface area contributed by atoms with Crippen molar-refractivity contribution in [3.8, 4) is 0 Å². The Hall–Kier alpha value is -1.34. The first-order chi connectivity index (χ1) is 8.87. The van der Waals surface area contributed by atoms with Crippen molar-refractivity contribution in [1.82, 2.24) is 5.32 Å². The highest BCUT2D eigenvalue weighted by molar-refractivity contribution is 5.46. The van der Waals surface area contributed by atoms with Gasteiger partial charge in [0.15, 0.2) is 0 Å². The minimum Gasteiger partial charge on any atom is -0.308 e. The van der Waals surface area contributed by atoms with Crippen LogP contribution in [0, 0.1) is 0 Å². The largest absolute Gasteiger partial charge is 0.308 e. The fourth-order valence-electron chi connectivity index (χ4n) is 2.59. The lowest BCUT2D eigenvalue weighted by molar-refractivity contribution is 0.423. The summed E-state index contributed by atoms with van der Waals surface area (Å²) >= 11 is 0. The molecule has 0 aromatic heterocycles. The van der Waals surface area contributed by atoms with Gasteiger partial charge in [-0.05, 0) is 45.7 Å². The summed E-state index contributed by atoms with van der Waals surface area (Å²) in [5.41, 5.74) is 5.81. The second kappa shape index (κ2) is 5.34. The molecule has 1 aliphatic carbocycles. The molecule has 1 N–H and O–H groups in total. The minimum absolute atomic E-state index is 0.152. The summed E-state index contributed by atoms with van der Waals surface area (Å²) in [5, 5.41) is 3.59. The summed E-state index contributed by atoms with van der Waals surface area (Å²) in [5.74, 6) is 0.456. The van der Waals surface area contributed by atoms with Gasteiger partial charge in [-0.2, -0.15) is 0 Å². The minimum atomic E-state index is 0.152. The maximum absolute atomic E-state index is 3.59. The van der Waals surface area contributed by atoms with Gasteiger partial charge in [0.05, 0.1) is 0 Å². The van der Waals surface area contributed by atoms with Crippen LogP contribution in [0.15, 0.2) is 47.6 Å². The fourth-order valence-corrected chi connectivity index (χ4v) is 2.59.